The highest BCUT2D eigenvalue weighted by Gasteiger charge is 2.40. The number of hydrogen-bond donors (Lipinski definition) is 2. The largest absolute Gasteiger partial charge is 0.480 e. The number of amides is 1. The van der Waals surface area contributed by atoms with E-state index in [0.717, 1.165) is 37.4 Å². The minimum absolute atomic E-state index is 0.0985. The molecule has 0 unspecified atom stereocenters. The Morgan fingerprint density at radius 1 is 0.800 bits per heavy atom. The summed E-state index contributed by atoms with van der Waals surface area (Å²) in [6, 6.07) is 24.0. The molecular formula is C30H34N4O5S. The number of para-hydroxylation sites is 1. The molecule has 3 aromatic carbocycles. The van der Waals surface area contributed by atoms with Crippen LogP contribution in [0.5, 0.6) is 0 Å². The van der Waals surface area contributed by atoms with Crippen molar-refractivity contribution in [2.24, 2.45) is 0 Å². The van der Waals surface area contributed by atoms with Crippen LogP contribution in [0.2, 0.25) is 0 Å². The number of carbonyl (C=O) groups excluding carboxylic acids is 1. The average molecular weight is 563 g/mol. The lowest BCUT2D eigenvalue weighted by Gasteiger charge is -2.37. The number of piperazine rings is 1. The second-order valence-electron chi connectivity index (χ2n) is 10.2. The average Bonchev–Trinajstić information content (AvgIpc) is 3.50. The fraction of sp³-hybridized carbons (Fsp3) is 0.333. The topological polar surface area (TPSA) is 110 Å². The fourth-order valence-corrected chi connectivity index (χ4v) is 7.10. The van der Waals surface area contributed by atoms with Crippen molar-refractivity contribution in [3.05, 3.63) is 90.5 Å². The van der Waals surface area contributed by atoms with Crippen LogP contribution in [0, 0.1) is 0 Å². The van der Waals surface area contributed by atoms with Gasteiger partial charge in [0.15, 0.2) is 0 Å². The van der Waals surface area contributed by atoms with Gasteiger partial charge in [-0.2, -0.15) is 4.31 Å². The molecule has 2 N–H and O–H groups in total. The highest BCUT2D eigenvalue weighted by Crippen LogP contribution is 2.26. The molecule has 3 aromatic rings. The van der Waals surface area contributed by atoms with E-state index in [1.807, 2.05) is 42.5 Å². The summed E-state index contributed by atoms with van der Waals surface area (Å²) in [5.74, 6) is -1.75. The van der Waals surface area contributed by atoms with Gasteiger partial charge in [0.25, 0.3) is 0 Å². The first-order valence-electron chi connectivity index (χ1n) is 13.6. The molecule has 2 aliphatic rings. The molecule has 0 radical (unpaired) electrons. The molecule has 40 heavy (non-hydrogen) atoms. The number of carbonyl (C=O) groups is 2. The Labute approximate surface area is 235 Å². The molecule has 2 aliphatic heterocycles. The van der Waals surface area contributed by atoms with Gasteiger partial charge in [-0.1, -0.05) is 48.5 Å². The summed E-state index contributed by atoms with van der Waals surface area (Å²) in [4.78, 5) is 30.0. The quantitative estimate of drug-likeness (QED) is 0.413. The normalized spacial score (nSPS) is 18.9. The predicted molar refractivity (Wildman–Crippen MR) is 154 cm³/mol. The van der Waals surface area contributed by atoms with Gasteiger partial charge in [-0.25, -0.2) is 13.2 Å². The highest BCUT2D eigenvalue weighted by molar-refractivity contribution is 7.89. The van der Waals surface area contributed by atoms with E-state index in [0.29, 0.717) is 12.8 Å². The maximum absolute atomic E-state index is 13.1. The van der Waals surface area contributed by atoms with E-state index in [9.17, 15) is 23.1 Å². The number of nitrogens with one attached hydrogen (secondary N) is 1. The van der Waals surface area contributed by atoms with Crippen LogP contribution < -0.4 is 15.1 Å². The zero-order valence-corrected chi connectivity index (χ0v) is 23.0. The van der Waals surface area contributed by atoms with E-state index in [1.54, 1.807) is 18.2 Å². The van der Waals surface area contributed by atoms with Crippen LogP contribution in [0.3, 0.4) is 0 Å². The smallest absolute Gasteiger partial charge is 0.326 e. The summed E-state index contributed by atoms with van der Waals surface area (Å²) in [7, 11) is -3.87. The Kier molecular flexibility index (Phi) is 8.37. The summed E-state index contributed by atoms with van der Waals surface area (Å²) in [5.41, 5.74) is 3.07. The van der Waals surface area contributed by atoms with Gasteiger partial charge in [0.1, 0.15) is 12.1 Å². The number of nitrogens with zero attached hydrogens (tertiary/aromatic N) is 3. The third kappa shape index (κ3) is 6.13. The molecular weight excluding hydrogens is 528 g/mol. The monoisotopic (exact) mass is 562 g/mol. The van der Waals surface area contributed by atoms with E-state index >= 15 is 0 Å². The number of carboxylic acids is 1. The van der Waals surface area contributed by atoms with Gasteiger partial charge in [0.2, 0.25) is 15.9 Å². The molecule has 0 saturated carbocycles. The molecule has 0 bridgehead atoms. The van der Waals surface area contributed by atoms with E-state index < -0.39 is 34.0 Å². The van der Waals surface area contributed by atoms with Crippen LogP contribution in [-0.4, -0.2) is 74.5 Å². The lowest BCUT2D eigenvalue weighted by molar-refractivity contribution is -0.142. The van der Waals surface area contributed by atoms with Gasteiger partial charge in [0.05, 0.1) is 4.90 Å². The molecule has 0 spiro atoms. The number of rotatable bonds is 9. The van der Waals surface area contributed by atoms with Gasteiger partial charge < -0.3 is 20.2 Å². The maximum Gasteiger partial charge on any atom is 0.326 e. The first kappa shape index (κ1) is 27.7. The first-order chi connectivity index (χ1) is 19.3. The molecule has 2 atom stereocenters. The first-order valence-corrected chi connectivity index (χ1v) is 15.0. The Morgan fingerprint density at radius 2 is 1.35 bits per heavy atom. The van der Waals surface area contributed by atoms with Crippen molar-refractivity contribution in [2.45, 2.75) is 36.2 Å². The summed E-state index contributed by atoms with van der Waals surface area (Å²) >= 11 is 0. The number of anilines is 2. The van der Waals surface area contributed by atoms with Crippen LogP contribution >= 0.6 is 0 Å². The standard InChI is InChI=1S/C30H34N4O5S/c35-29(28-12-7-17-34(28)40(38,39)26-10-5-2-6-11-26)31-27(30(36)37)22-23-13-15-25(16-14-23)33-20-18-32(19-21-33)24-8-3-1-4-9-24/h1-6,8-11,13-16,27-28H,7,12,17-22H2,(H,31,35)(H,36,37)/t27-,28-/m0/s1. The number of sulfonamides is 1. The molecule has 5 rings (SSSR count). The Bertz CT molecular complexity index is 1410. The van der Waals surface area contributed by atoms with E-state index in [1.165, 1.54) is 22.1 Å². The molecule has 0 aliphatic carbocycles. The fourth-order valence-electron chi connectivity index (χ4n) is 5.43. The lowest BCUT2D eigenvalue weighted by atomic mass is 10.0. The molecule has 10 heteroatoms. The molecule has 1 amide bonds. The number of benzene rings is 3. The van der Waals surface area contributed by atoms with Crippen molar-refractivity contribution >= 4 is 33.3 Å². The minimum atomic E-state index is -3.87. The Balaban J connectivity index is 1.19. The minimum Gasteiger partial charge on any atom is -0.480 e. The second kappa shape index (κ2) is 12.1. The third-order valence-electron chi connectivity index (χ3n) is 7.61. The molecule has 210 valence electrons. The number of carboxylic acid groups (broad SMARTS) is 1. The molecule has 2 fully saturated rings. The van der Waals surface area contributed by atoms with Gasteiger partial charge in [-0.3, -0.25) is 4.79 Å². The van der Waals surface area contributed by atoms with Crippen molar-refractivity contribution in [3.8, 4) is 0 Å². The number of aliphatic carboxylic acids is 1. The van der Waals surface area contributed by atoms with Crippen molar-refractivity contribution < 1.29 is 23.1 Å². The van der Waals surface area contributed by atoms with Crippen LogP contribution in [-0.2, 0) is 26.0 Å². The van der Waals surface area contributed by atoms with Gasteiger partial charge in [-0.05, 0) is 54.8 Å². The van der Waals surface area contributed by atoms with Gasteiger partial charge >= 0.3 is 5.97 Å². The highest BCUT2D eigenvalue weighted by atomic mass is 32.2. The maximum atomic E-state index is 13.1. The van der Waals surface area contributed by atoms with E-state index in [4.69, 9.17) is 0 Å². The van der Waals surface area contributed by atoms with Crippen molar-refractivity contribution in [3.63, 3.8) is 0 Å². The van der Waals surface area contributed by atoms with Crippen molar-refractivity contribution in [1.82, 2.24) is 9.62 Å². The number of hydrogen-bond acceptors (Lipinski definition) is 6. The van der Waals surface area contributed by atoms with E-state index in [-0.39, 0.29) is 17.9 Å². The molecule has 0 aromatic heterocycles. The van der Waals surface area contributed by atoms with Crippen LogP contribution in [0.4, 0.5) is 11.4 Å². The summed E-state index contributed by atoms with van der Waals surface area (Å²) in [5, 5.41) is 12.4. The summed E-state index contributed by atoms with van der Waals surface area (Å²) in [6.45, 7) is 3.81. The van der Waals surface area contributed by atoms with Crippen molar-refractivity contribution in [1.29, 1.82) is 0 Å². The Morgan fingerprint density at radius 3 is 1.93 bits per heavy atom. The lowest BCUT2D eigenvalue weighted by Crippen LogP contribution is -2.51. The summed E-state index contributed by atoms with van der Waals surface area (Å²) in [6.07, 6.45) is 0.973. The predicted octanol–water partition coefficient (Wildman–Crippen LogP) is 2.98. The molecule has 9 nitrogen and oxygen atoms in total. The zero-order chi connectivity index (χ0) is 28.1. The Hall–Kier alpha value is -3.89. The van der Waals surface area contributed by atoms with E-state index in [2.05, 4.69) is 27.2 Å². The van der Waals surface area contributed by atoms with Crippen molar-refractivity contribution in [2.75, 3.05) is 42.5 Å². The van der Waals surface area contributed by atoms with Gasteiger partial charge in [-0.15, -0.1) is 0 Å². The van der Waals surface area contributed by atoms with Crippen LogP contribution in [0.25, 0.3) is 0 Å². The second-order valence-corrected chi connectivity index (χ2v) is 12.1. The van der Waals surface area contributed by atoms with Gasteiger partial charge in [0, 0.05) is 50.5 Å². The summed E-state index contributed by atoms with van der Waals surface area (Å²) < 4.78 is 27.5. The SMILES string of the molecule is O=C(O)[C@H](Cc1ccc(N2CCN(c3ccccc3)CC2)cc1)NC(=O)[C@@H]1CCCN1S(=O)(=O)c1ccccc1. The third-order valence-corrected chi connectivity index (χ3v) is 9.54. The molecule has 2 heterocycles. The zero-order valence-electron chi connectivity index (χ0n) is 22.2. The van der Waals surface area contributed by atoms with Crippen LogP contribution in [0.15, 0.2) is 89.8 Å². The molecule has 2 saturated heterocycles. The van der Waals surface area contributed by atoms with Crippen LogP contribution in [0.1, 0.15) is 18.4 Å².